The zero-order chi connectivity index (χ0) is 12.0. The lowest BCUT2D eigenvalue weighted by molar-refractivity contribution is 0.112. The maximum absolute atomic E-state index is 11.2. The molecule has 1 aromatic rings. The summed E-state index contributed by atoms with van der Waals surface area (Å²) in [6, 6.07) is 0.643. The van der Waals surface area contributed by atoms with Gasteiger partial charge < -0.3 is 4.90 Å². The third kappa shape index (κ3) is 1.96. The van der Waals surface area contributed by atoms with Gasteiger partial charge in [0.15, 0.2) is 6.29 Å². The highest BCUT2D eigenvalue weighted by Crippen LogP contribution is 2.38. The number of rotatable bonds is 5. The number of carbonyl (C=O) groups is 1. The fourth-order valence-corrected chi connectivity index (χ4v) is 2.51. The van der Waals surface area contributed by atoms with Crippen LogP contribution in [0.3, 0.4) is 0 Å². The van der Waals surface area contributed by atoms with Crippen molar-refractivity contribution < 1.29 is 4.79 Å². The summed E-state index contributed by atoms with van der Waals surface area (Å²) in [5.41, 5.74) is 1.62. The second-order valence-corrected chi connectivity index (χ2v) is 5.39. The third-order valence-electron chi connectivity index (χ3n) is 3.77. The topological polar surface area (TPSA) is 38.1 Å². The quantitative estimate of drug-likeness (QED) is 0.729. The van der Waals surface area contributed by atoms with Crippen LogP contribution in [0, 0.1) is 12.8 Å². The Bertz CT molecular complexity index is 444. The van der Waals surface area contributed by atoms with Gasteiger partial charge in [0.25, 0.3) is 0 Å². The Hall–Kier alpha value is -1.32. The van der Waals surface area contributed by atoms with Gasteiger partial charge in [0, 0.05) is 19.6 Å². The van der Waals surface area contributed by atoms with E-state index in [1.807, 2.05) is 18.7 Å². The van der Waals surface area contributed by atoms with Gasteiger partial charge in [0.2, 0.25) is 0 Å². The fourth-order valence-electron chi connectivity index (χ4n) is 2.51. The molecule has 3 rings (SSSR count). The van der Waals surface area contributed by atoms with Gasteiger partial charge in [-0.15, -0.1) is 0 Å². The van der Waals surface area contributed by atoms with Gasteiger partial charge in [-0.25, -0.2) is 0 Å². The van der Waals surface area contributed by atoms with E-state index in [9.17, 15) is 4.79 Å². The van der Waals surface area contributed by atoms with Crippen LogP contribution in [-0.2, 0) is 7.05 Å². The van der Waals surface area contributed by atoms with Crippen molar-refractivity contribution in [2.75, 3.05) is 11.4 Å². The molecule has 0 radical (unpaired) electrons. The number of aromatic nitrogens is 2. The molecule has 0 saturated heterocycles. The van der Waals surface area contributed by atoms with E-state index in [-0.39, 0.29) is 0 Å². The Morgan fingerprint density at radius 2 is 2.12 bits per heavy atom. The van der Waals surface area contributed by atoms with Crippen molar-refractivity contribution in [2.24, 2.45) is 13.0 Å². The molecule has 4 heteroatoms. The van der Waals surface area contributed by atoms with Gasteiger partial charge in [-0.2, -0.15) is 5.10 Å². The summed E-state index contributed by atoms with van der Waals surface area (Å²) < 4.78 is 1.87. The normalized spacial score (nSPS) is 19.4. The van der Waals surface area contributed by atoms with Crippen LogP contribution >= 0.6 is 0 Å². The van der Waals surface area contributed by atoms with Gasteiger partial charge in [-0.3, -0.25) is 9.48 Å². The van der Waals surface area contributed by atoms with Crippen molar-refractivity contribution >= 4 is 12.1 Å². The molecule has 17 heavy (non-hydrogen) atoms. The first-order valence-corrected chi connectivity index (χ1v) is 6.46. The van der Waals surface area contributed by atoms with Gasteiger partial charge in [-0.05, 0) is 38.5 Å². The van der Waals surface area contributed by atoms with E-state index < -0.39 is 0 Å². The lowest BCUT2D eigenvalue weighted by Gasteiger charge is -2.25. The van der Waals surface area contributed by atoms with Crippen molar-refractivity contribution in [1.29, 1.82) is 0 Å². The molecule has 0 N–H and O–H groups in total. The van der Waals surface area contributed by atoms with Crippen molar-refractivity contribution in [1.82, 2.24) is 9.78 Å². The predicted octanol–water partition coefficient (Wildman–Crippen LogP) is 1.92. The molecule has 92 valence electrons. The molecule has 0 unspecified atom stereocenters. The standard InChI is InChI=1S/C13H19N3O/c1-9-12(8-17)13(15(2)14-9)16(11-5-6-11)7-10-3-4-10/h8,10-11H,3-7H2,1-2H3. The Morgan fingerprint density at radius 3 is 2.65 bits per heavy atom. The summed E-state index contributed by atoms with van der Waals surface area (Å²) in [6.45, 7) is 3.01. The first-order chi connectivity index (χ1) is 8.20. The average Bonchev–Trinajstić information content (AvgIpc) is 3.13. The number of nitrogens with zero attached hydrogens (tertiary/aromatic N) is 3. The molecule has 0 atom stereocenters. The lowest BCUT2D eigenvalue weighted by Crippen LogP contribution is -2.30. The molecular weight excluding hydrogens is 214 g/mol. The molecule has 2 saturated carbocycles. The van der Waals surface area contributed by atoms with Crippen LogP contribution in [0.4, 0.5) is 5.82 Å². The Kier molecular flexibility index (Phi) is 2.45. The van der Waals surface area contributed by atoms with Crippen LogP contribution in [-0.4, -0.2) is 28.7 Å². The molecule has 1 heterocycles. The molecule has 4 nitrogen and oxygen atoms in total. The van der Waals surface area contributed by atoms with Gasteiger partial charge in [0.1, 0.15) is 5.82 Å². The number of anilines is 1. The highest BCUT2D eigenvalue weighted by molar-refractivity contribution is 5.85. The van der Waals surface area contributed by atoms with Crippen molar-refractivity contribution in [3.63, 3.8) is 0 Å². The summed E-state index contributed by atoms with van der Waals surface area (Å²) in [5, 5.41) is 4.38. The van der Waals surface area contributed by atoms with Crippen LogP contribution in [0.1, 0.15) is 41.7 Å². The number of hydrogen-bond donors (Lipinski definition) is 0. The molecular formula is C13H19N3O. The minimum Gasteiger partial charge on any atom is -0.353 e. The highest BCUT2D eigenvalue weighted by atomic mass is 16.1. The molecule has 2 fully saturated rings. The lowest BCUT2D eigenvalue weighted by atomic mass is 10.2. The summed E-state index contributed by atoms with van der Waals surface area (Å²) in [6.07, 6.45) is 6.16. The van der Waals surface area contributed by atoms with E-state index in [0.717, 1.165) is 35.8 Å². The summed E-state index contributed by atoms with van der Waals surface area (Å²) >= 11 is 0. The monoisotopic (exact) mass is 233 g/mol. The van der Waals surface area contributed by atoms with Crippen LogP contribution in [0.5, 0.6) is 0 Å². The molecule has 0 aliphatic heterocycles. The summed E-state index contributed by atoms with van der Waals surface area (Å²) in [4.78, 5) is 13.6. The Balaban J connectivity index is 1.95. The number of aldehydes is 1. The van der Waals surface area contributed by atoms with Gasteiger partial charge in [-0.1, -0.05) is 0 Å². The van der Waals surface area contributed by atoms with E-state index in [4.69, 9.17) is 0 Å². The predicted molar refractivity (Wildman–Crippen MR) is 66.4 cm³/mol. The minimum atomic E-state index is 0.643. The number of aryl methyl sites for hydroxylation is 2. The summed E-state index contributed by atoms with van der Waals surface area (Å²) in [7, 11) is 1.94. The molecule has 1 aromatic heterocycles. The van der Waals surface area contributed by atoms with Crippen molar-refractivity contribution in [3.05, 3.63) is 11.3 Å². The number of hydrogen-bond acceptors (Lipinski definition) is 3. The maximum Gasteiger partial charge on any atom is 0.155 e. The van der Waals surface area contributed by atoms with E-state index in [1.54, 1.807) is 0 Å². The smallest absolute Gasteiger partial charge is 0.155 e. The maximum atomic E-state index is 11.2. The largest absolute Gasteiger partial charge is 0.353 e. The van der Waals surface area contributed by atoms with E-state index in [0.29, 0.717) is 6.04 Å². The minimum absolute atomic E-state index is 0.643. The van der Waals surface area contributed by atoms with Crippen LogP contribution in [0.25, 0.3) is 0 Å². The Morgan fingerprint density at radius 1 is 1.41 bits per heavy atom. The molecule has 2 aliphatic carbocycles. The first kappa shape index (κ1) is 10.8. The molecule has 0 spiro atoms. The molecule has 2 aliphatic rings. The van der Waals surface area contributed by atoms with E-state index in [1.165, 1.54) is 25.7 Å². The number of carbonyl (C=O) groups excluding carboxylic acids is 1. The average molecular weight is 233 g/mol. The van der Waals surface area contributed by atoms with Crippen LogP contribution in [0.2, 0.25) is 0 Å². The molecule has 0 amide bonds. The third-order valence-corrected chi connectivity index (χ3v) is 3.77. The van der Waals surface area contributed by atoms with Crippen LogP contribution in [0.15, 0.2) is 0 Å². The van der Waals surface area contributed by atoms with Crippen molar-refractivity contribution in [2.45, 2.75) is 38.6 Å². The van der Waals surface area contributed by atoms with Gasteiger partial charge >= 0.3 is 0 Å². The zero-order valence-electron chi connectivity index (χ0n) is 10.5. The molecule has 0 bridgehead atoms. The van der Waals surface area contributed by atoms with Crippen molar-refractivity contribution in [3.8, 4) is 0 Å². The second-order valence-electron chi connectivity index (χ2n) is 5.39. The SMILES string of the molecule is Cc1nn(C)c(N(CC2CC2)C2CC2)c1C=O. The summed E-state index contributed by atoms with van der Waals surface area (Å²) in [5.74, 6) is 1.87. The fraction of sp³-hybridized carbons (Fsp3) is 0.692. The van der Waals surface area contributed by atoms with Crippen LogP contribution < -0.4 is 4.90 Å². The highest BCUT2D eigenvalue weighted by Gasteiger charge is 2.36. The van der Waals surface area contributed by atoms with Gasteiger partial charge in [0.05, 0.1) is 11.3 Å². The zero-order valence-corrected chi connectivity index (χ0v) is 10.5. The molecule has 0 aromatic carbocycles. The van der Waals surface area contributed by atoms with E-state index in [2.05, 4.69) is 10.00 Å². The van der Waals surface area contributed by atoms with E-state index >= 15 is 0 Å². The second kappa shape index (κ2) is 3.86. The first-order valence-electron chi connectivity index (χ1n) is 6.46. The Labute approximate surface area is 102 Å².